The molecule has 0 aromatic heterocycles. The van der Waals surface area contributed by atoms with Gasteiger partial charge in [-0.15, -0.1) is 0 Å². The summed E-state index contributed by atoms with van der Waals surface area (Å²) < 4.78 is 0. The van der Waals surface area contributed by atoms with Gasteiger partial charge in [-0.05, 0) is 19.3 Å². The van der Waals surface area contributed by atoms with Crippen molar-refractivity contribution in [3.8, 4) is 0 Å². The van der Waals surface area contributed by atoms with Crippen LogP contribution in [0.2, 0.25) is 0 Å². The molecule has 1 aliphatic heterocycles. The van der Waals surface area contributed by atoms with E-state index in [0.717, 1.165) is 18.1 Å². The SMILES string of the molecule is O=C(O)NCCCCCC1CCSS1. The number of carbonyl (C=O) groups is 1. The maximum Gasteiger partial charge on any atom is 0.404 e. The molecule has 82 valence electrons. The fraction of sp³-hybridized carbons (Fsp3) is 0.889. The summed E-state index contributed by atoms with van der Waals surface area (Å²) in [5.41, 5.74) is 0. The number of amides is 1. The molecule has 1 heterocycles. The molecule has 0 radical (unpaired) electrons. The molecule has 1 rings (SSSR count). The van der Waals surface area contributed by atoms with Crippen LogP contribution in [0.15, 0.2) is 0 Å². The Labute approximate surface area is 92.8 Å². The zero-order valence-corrected chi connectivity index (χ0v) is 9.83. The molecule has 14 heavy (non-hydrogen) atoms. The van der Waals surface area contributed by atoms with Crippen LogP contribution >= 0.6 is 21.6 Å². The Morgan fingerprint density at radius 1 is 1.43 bits per heavy atom. The average Bonchev–Trinajstić information content (AvgIpc) is 2.63. The van der Waals surface area contributed by atoms with Crippen molar-refractivity contribution in [2.24, 2.45) is 0 Å². The molecule has 0 aromatic rings. The number of unbranched alkanes of at least 4 members (excludes halogenated alkanes) is 2. The van der Waals surface area contributed by atoms with E-state index in [9.17, 15) is 4.79 Å². The van der Waals surface area contributed by atoms with Crippen molar-refractivity contribution < 1.29 is 9.90 Å². The van der Waals surface area contributed by atoms with E-state index in [1.54, 1.807) is 0 Å². The zero-order valence-electron chi connectivity index (χ0n) is 8.20. The highest BCUT2D eigenvalue weighted by molar-refractivity contribution is 8.77. The minimum Gasteiger partial charge on any atom is -0.465 e. The van der Waals surface area contributed by atoms with Crippen LogP contribution in [0, 0.1) is 0 Å². The molecular formula is C9H17NO2S2. The first kappa shape index (κ1) is 12.0. The van der Waals surface area contributed by atoms with Crippen molar-refractivity contribution in [1.29, 1.82) is 0 Å². The topological polar surface area (TPSA) is 49.3 Å². The van der Waals surface area contributed by atoms with Crippen molar-refractivity contribution in [3.63, 3.8) is 0 Å². The van der Waals surface area contributed by atoms with Crippen LogP contribution in [-0.2, 0) is 0 Å². The van der Waals surface area contributed by atoms with Crippen LogP contribution in [0.4, 0.5) is 4.79 Å². The highest BCUT2D eigenvalue weighted by atomic mass is 33.1. The maximum atomic E-state index is 10.1. The summed E-state index contributed by atoms with van der Waals surface area (Å²) in [6.45, 7) is 0.599. The first-order valence-corrected chi connectivity index (χ1v) is 7.42. The van der Waals surface area contributed by atoms with Crippen LogP contribution in [-0.4, -0.2) is 28.7 Å². The molecule has 0 saturated carbocycles. The Hall–Kier alpha value is -0.0300. The van der Waals surface area contributed by atoms with Crippen molar-refractivity contribution in [2.45, 2.75) is 37.4 Å². The summed E-state index contributed by atoms with van der Waals surface area (Å²) in [6.07, 6.45) is 5.08. The fourth-order valence-electron chi connectivity index (χ4n) is 1.43. The van der Waals surface area contributed by atoms with Gasteiger partial charge >= 0.3 is 6.09 Å². The molecule has 1 fully saturated rings. The number of carboxylic acid groups (broad SMARTS) is 1. The molecule has 0 bridgehead atoms. The minimum atomic E-state index is -0.909. The van der Waals surface area contributed by atoms with Gasteiger partial charge in [0.25, 0.3) is 0 Å². The van der Waals surface area contributed by atoms with E-state index < -0.39 is 6.09 Å². The highest BCUT2D eigenvalue weighted by Gasteiger charge is 2.15. The van der Waals surface area contributed by atoms with Crippen molar-refractivity contribution in [2.75, 3.05) is 12.3 Å². The Kier molecular flexibility index (Phi) is 6.27. The van der Waals surface area contributed by atoms with Gasteiger partial charge in [0.05, 0.1) is 0 Å². The van der Waals surface area contributed by atoms with Crippen molar-refractivity contribution in [1.82, 2.24) is 5.32 Å². The van der Waals surface area contributed by atoms with E-state index in [0.29, 0.717) is 6.54 Å². The first-order chi connectivity index (χ1) is 6.79. The second-order valence-corrected chi connectivity index (χ2v) is 6.20. The lowest BCUT2D eigenvalue weighted by atomic mass is 10.1. The zero-order chi connectivity index (χ0) is 10.2. The summed E-state index contributed by atoms with van der Waals surface area (Å²) in [5.74, 6) is 1.30. The Bertz CT molecular complexity index is 172. The molecule has 0 aromatic carbocycles. The monoisotopic (exact) mass is 235 g/mol. The Balaban J connectivity index is 1.82. The van der Waals surface area contributed by atoms with Gasteiger partial charge in [-0.1, -0.05) is 34.4 Å². The average molecular weight is 235 g/mol. The van der Waals surface area contributed by atoms with Gasteiger partial charge in [0.15, 0.2) is 0 Å². The first-order valence-electron chi connectivity index (χ1n) is 5.04. The summed E-state index contributed by atoms with van der Waals surface area (Å²) in [5, 5.41) is 11.6. The van der Waals surface area contributed by atoms with Crippen LogP contribution in [0.5, 0.6) is 0 Å². The molecule has 5 heteroatoms. The number of rotatable bonds is 6. The van der Waals surface area contributed by atoms with Gasteiger partial charge in [-0.25, -0.2) is 4.79 Å². The van der Waals surface area contributed by atoms with Crippen LogP contribution in [0.1, 0.15) is 32.1 Å². The standard InChI is InChI=1S/C9H17NO2S2/c11-9(12)10-6-3-1-2-4-8-5-7-13-14-8/h8,10H,1-7H2,(H,11,12). The van der Waals surface area contributed by atoms with E-state index in [1.165, 1.54) is 25.0 Å². The van der Waals surface area contributed by atoms with Gasteiger partial charge in [0, 0.05) is 17.5 Å². The third-order valence-electron chi connectivity index (χ3n) is 2.21. The second kappa shape index (κ2) is 7.29. The fourth-order valence-corrected chi connectivity index (χ4v) is 4.46. The maximum absolute atomic E-state index is 10.1. The van der Waals surface area contributed by atoms with Crippen molar-refractivity contribution in [3.05, 3.63) is 0 Å². The number of hydrogen-bond acceptors (Lipinski definition) is 3. The molecule has 1 atom stereocenters. The summed E-state index contributed by atoms with van der Waals surface area (Å²) in [6, 6.07) is 0. The van der Waals surface area contributed by atoms with E-state index in [1.807, 2.05) is 21.6 Å². The molecule has 0 spiro atoms. The quantitative estimate of drug-likeness (QED) is 0.549. The van der Waals surface area contributed by atoms with Crippen LogP contribution in [0.25, 0.3) is 0 Å². The van der Waals surface area contributed by atoms with E-state index in [4.69, 9.17) is 5.11 Å². The third-order valence-corrected chi connectivity index (χ3v) is 5.21. The van der Waals surface area contributed by atoms with E-state index in [2.05, 4.69) is 5.32 Å². The summed E-state index contributed by atoms with van der Waals surface area (Å²) in [4.78, 5) is 10.1. The molecular weight excluding hydrogens is 218 g/mol. The molecule has 1 aliphatic rings. The largest absolute Gasteiger partial charge is 0.465 e. The predicted molar refractivity (Wildman–Crippen MR) is 62.9 cm³/mol. The van der Waals surface area contributed by atoms with Crippen molar-refractivity contribution >= 4 is 27.7 Å². The van der Waals surface area contributed by atoms with Gasteiger partial charge in [0.2, 0.25) is 0 Å². The Morgan fingerprint density at radius 3 is 2.93 bits per heavy atom. The van der Waals surface area contributed by atoms with Gasteiger partial charge < -0.3 is 10.4 Å². The number of nitrogens with one attached hydrogen (secondary N) is 1. The lowest BCUT2D eigenvalue weighted by molar-refractivity contribution is 0.194. The van der Waals surface area contributed by atoms with Gasteiger partial charge in [0.1, 0.15) is 0 Å². The van der Waals surface area contributed by atoms with Crippen LogP contribution < -0.4 is 5.32 Å². The second-order valence-electron chi connectivity index (χ2n) is 3.41. The van der Waals surface area contributed by atoms with Gasteiger partial charge in [-0.2, -0.15) is 0 Å². The number of hydrogen-bond donors (Lipinski definition) is 2. The smallest absolute Gasteiger partial charge is 0.404 e. The van der Waals surface area contributed by atoms with E-state index >= 15 is 0 Å². The molecule has 1 amide bonds. The van der Waals surface area contributed by atoms with Crippen LogP contribution in [0.3, 0.4) is 0 Å². The molecule has 2 N–H and O–H groups in total. The molecule has 0 aliphatic carbocycles. The third kappa shape index (κ3) is 5.65. The predicted octanol–water partition coefficient (Wildman–Crippen LogP) is 2.97. The Morgan fingerprint density at radius 2 is 2.29 bits per heavy atom. The highest BCUT2D eigenvalue weighted by Crippen LogP contribution is 2.39. The molecule has 1 unspecified atom stereocenters. The van der Waals surface area contributed by atoms with E-state index in [-0.39, 0.29) is 0 Å². The summed E-state index contributed by atoms with van der Waals surface area (Å²) in [7, 11) is 4.00. The molecule has 1 saturated heterocycles. The lowest BCUT2D eigenvalue weighted by Crippen LogP contribution is -2.21. The summed E-state index contributed by atoms with van der Waals surface area (Å²) >= 11 is 0. The molecule has 3 nitrogen and oxygen atoms in total. The normalized spacial score (nSPS) is 21.0. The lowest BCUT2D eigenvalue weighted by Gasteiger charge is -2.06. The minimum absolute atomic E-state index is 0.599. The van der Waals surface area contributed by atoms with Gasteiger partial charge in [-0.3, -0.25) is 0 Å².